The predicted molar refractivity (Wildman–Crippen MR) is 112 cm³/mol. The minimum Gasteiger partial charge on any atom is -0.465 e. The molecule has 0 saturated heterocycles. The van der Waals surface area contributed by atoms with Crippen LogP contribution in [0.4, 0.5) is 0 Å². The van der Waals surface area contributed by atoms with Crippen LogP contribution < -0.4 is 4.74 Å². The maximum Gasteiger partial charge on any atom is 0.197 e. The van der Waals surface area contributed by atoms with Crippen LogP contribution in [0, 0.1) is 0 Å². The van der Waals surface area contributed by atoms with Gasteiger partial charge in [0, 0.05) is 0 Å². The van der Waals surface area contributed by atoms with Gasteiger partial charge in [0.05, 0.1) is 6.61 Å². The summed E-state index contributed by atoms with van der Waals surface area (Å²) in [4.78, 5) is 0. The van der Waals surface area contributed by atoms with Gasteiger partial charge in [-0.3, -0.25) is 0 Å². The van der Waals surface area contributed by atoms with Crippen LogP contribution in [-0.4, -0.2) is 6.29 Å². The summed E-state index contributed by atoms with van der Waals surface area (Å²) in [6, 6.07) is 17.4. The Hall–Kier alpha value is -1.80. The molecule has 1 fully saturated rings. The molecule has 2 atom stereocenters. The summed E-state index contributed by atoms with van der Waals surface area (Å²) in [5.41, 5.74) is 4.05. The minimum absolute atomic E-state index is 0.266. The van der Waals surface area contributed by atoms with E-state index in [1.54, 1.807) is 0 Å². The molecule has 0 radical (unpaired) electrons. The summed E-state index contributed by atoms with van der Waals surface area (Å²) in [7, 11) is 0. The Bertz CT molecular complexity index is 668. The zero-order valence-corrected chi connectivity index (χ0v) is 17.1. The van der Waals surface area contributed by atoms with Crippen molar-refractivity contribution in [1.82, 2.24) is 0 Å². The van der Waals surface area contributed by atoms with E-state index in [9.17, 15) is 0 Å². The zero-order chi connectivity index (χ0) is 19.1. The number of rotatable bonds is 8. The molecule has 0 aliphatic heterocycles. The Kier molecular flexibility index (Phi) is 7.34. The molecule has 0 amide bonds. The van der Waals surface area contributed by atoms with Gasteiger partial charge in [-0.2, -0.15) is 0 Å². The fourth-order valence-corrected chi connectivity index (χ4v) is 3.87. The maximum atomic E-state index is 5.90. The summed E-state index contributed by atoms with van der Waals surface area (Å²) in [5.74, 6) is 2.21. The van der Waals surface area contributed by atoms with Gasteiger partial charge < -0.3 is 9.47 Å². The van der Waals surface area contributed by atoms with Crippen LogP contribution in [0.25, 0.3) is 0 Å². The van der Waals surface area contributed by atoms with Crippen molar-refractivity contribution in [2.75, 3.05) is 0 Å². The monoisotopic (exact) mass is 366 g/mol. The highest BCUT2D eigenvalue weighted by atomic mass is 16.7. The van der Waals surface area contributed by atoms with E-state index in [0.717, 1.165) is 18.1 Å². The van der Waals surface area contributed by atoms with E-state index in [0.29, 0.717) is 12.5 Å². The average molecular weight is 367 g/mol. The smallest absolute Gasteiger partial charge is 0.197 e. The third-order valence-corrected chi connectivity index (χ3v) is 5.90. The highest BCUT2D eigenvalue weighted by Gasteiger charge is 2.15. The van der Waals surface area contributed by atoms with Gasteiger partial charge in [-0.05, 0) is 66.8 Å². The summed E-state index contributed by atoms with van der Waals surface area (Å²) >= 11 is 0. The molecule has 0 heterocycles. The van der Waals surface area contributed by atoms with E-state index in [2.05, 4.69) is 50.2 Å². The number of ether oxygens (including phenoxy) is 2. The van der Waals surface area contributed by atoms with Crippen LogP contribution in [0.3, 0.4) is 0 Å². The molecular weight excluding hydrogens is 332 g/mol. The van der Waals surface area contributed by atoms with Gasteiger partial charge in [-0.15, -0.1) is 0 Å². The Morgan fingerprint density at radius 2 is 1.56 bits per heavy atom. The lowest BCUT2D eigenvalue weighted by Gasteiger charge is -2.22. The van der Waals surface area contributed by atoms with Crippen molar-refractivity contribution in [2.45, 2.75) is 84.0 Å². The Morgan fingerprint density at radius 3 is 2.19 bits per heavy atom. The largest absolute Gasteiger partial charge is 0.465 e. The first-order valence-electron chi connectivity index (χ1n) is 10.6. The summed E-state index contributed by atoms with van der Waals surface area (Å²) in [6.45, 7) is 7.00. The van der Waals surface area contributed by atoms with Gasteiger partial charge in [-0.1, -0.05) is 69.5 Å². The van der Waals surface area contributed by atoms with Crippen molar-refractivity contribution in [3.8, 4) is 5.75 Å². The minimum atomic E-state index is -0.266. The second kappa shape index (κ2) is 9.94. The van der Waals surface area contributed by atoms with Crippen LogP contribution in [0.1, 0.15) is 87.8 Å². The fraction of sp³-hybridized carbons (Fsp3) is 0.520. The number of hydrogen-bond acceptors (Lipinski definition) is 2. The van der Waals surface area contributed by atoms with Crippen molar-refractivity contribution < 1.29 is 9.47 Å². The first kappa shape index (κ1) is 19.9. The molecule has 146 valence electrons. The van der Waals surface area contributed by atoms with Crippen LogP contribution >= 0.6 is 0 Å². The normalized spacial score (nSPS) is 17.4. The first-order valence-corrected chi connectivity index (χ1v) is 10.6. The molecule has 27 heavy (non-hydrogen) atoms. The molecular formula is C25H34O2. The van der Waals surface area contributed by atoms with Crippen LogP contribution in [-0.2, 0) is 11.3 Å². The van der Waals surface area contributed by atoms with Crippen molar-refractivity contribution >= 4 is 0 Å². The second-order valence-corrected chi connectivity index (χ2v) is 7.95. The summed E-state index contributed by atoms with van der Waals surface area (Å²) in [6.07, 6.45) is 7.73. The van der Waals surface area contributed by atoms with Gasteiger partial charge >= 0.3 is 0 Å². The molecule has 3 rings (SSSR count). The SMILES string of the molecule is CCC(C)c1ccc(OC(C)OCc2ccc(C3CCCCC3)cc2)cc1. The fourth-order valence-electron chi connectivity index (χ4n) is 3.87. The quantitative estimate of drug-likeness (QED) is 0.460. The van der Waals surface area contributed by atoms with Crippen LogP contribution in [0.5, 0.6) is 5.75 Å². The lowest BCUT2D eigenvalue weighted by Crippen LogP contribution is -2.16. The Labute approximate surface area is 164 Å². The Morgan fingerprint density at radius 1 is 0.889 bits per heavy atom. The molecule has 2 aromatic rings. The predicted octanol–water partition coefficient (Wildman–Crippen LogP) is 7.19. The van der Waals surface area contributed by atoms with Crippen LogP contribution in [0.2, 0.25) is 0 Å². The van der Waals surface area contributed by atoms with Gasteiger partial charge in [0.15, 0.2) is 6.29 Å². The highest BCUT2D eigenvalue weighted by Crippen LogP contribution is 2.32. The second-order valence-electron chi connectivity index (χ2n) is 7.95. The molecule has 0 N–H and O–H groups in total. The maximum absolute atomic E-state index is 5.90. The highest BCUT2D eigenvalue weighted by molar-refractivity contribution is 5.29. The topological polar surface area (TPSA) is 18.5 Å². The molecule has 0 aromatic heterocycles. The van der Waals surface area contributed by atoms with Gasteiger partial charge in [-0.25, -0.2) is 0 Å². The summed E-state index contributed by atoms with van der Waals surface area (Å²) < 4.78 is 11.8. The standard InChI is InChI=1S/C25H34O2/c1-4-19(2)22-14-16-25(17-15-22)27-20(3)26-18-21-10-12-24(13-11-21)23-8-6-5-7-9-23/h10-17,19-20,23H,4-9,18H2,1-3H3. The van der Waals surface area contributed by atoms with Crippen molar-refractivity contribution in [3.63, 3.8) is 0 Å². The van der Waals surface area contributed by atoms with E-state index in [-0.39, 0.29) is 6.29 Å². The van der Waals surface area contributed by atoms with Crippen molar-refractivity contribution in [1.29, 1.82) is 0 Å². The molecule has 2 unspecified atom stereocenters. The lowest BCUT2D eigenvalue weighted by atomic mass is 9.84. The van der Waals surface area contributed by atoms with Crippen LogP contribution in [0.15, 0.2) is 48.5 Å². The summed E-state index contributed by atoms with van der Waals surface area (Å²) in [5, 5.41) is 0. The molecule has 1 aliphatic rings. The third-order valence-electron chi connectivity index (χ3n) is 5.90. The van der Waals surface area contributed by atoms with E-state index in [4.69, 9.17) is 9.47 Å². The average Bonchev–Trinajstić information content (AvgIpc) is 2.73. The van der Waals surface area contributed by atoms with Gasteiger partial charge in [0.2, 0.25) is 0 Å². The molecule has 2 heteroatoms. The molecule has 0 bridgehead atoms. The third kappa shape index (κ3) is 5.84. The molecule has 2 aromatic carbocycles. The van der Waals surface area contributed by atoms with E-state index >= 15 is 0 Å². The van der Waals surface area contributed by atoms with Crippen molar-refractivity contribution in [3.05, 3.63) is 65.2 Å². The van der Waals surface area contributed by atoms with Gasteiger partial charge in [0.25, 0.3) is 0 Å². The zero-order valence-electron chi connectivity index (χ0n) is 17.1. The van der Waals surface area contributed by atoms with E-state index in [1.165, 1.54) is 48.8 Å². The molecule has 0 spiro atoms. The Balaban J connectivity index is 1.46. The molecule has 1 aliphatic carbocycles. The first-order chi connectivity index (χ1) is 13.2. The number of hydrogen-bond donors (Lipinski definition) is 0. The van der Waals surface area contributed by atoms with Crippen molar-refractivity contribution in [2.24, 2.45) is 0 Å². The number of benzene rings is 2. The van der Waals surface area contributed by atoms with E-state index in [1.807, 2.05) is 19.1 Å². The lowest BCUT2D eigenvalue weighted by molar-refractivity contribution is -0.0759. The molecule has 1 saturated carbocycles. The molecule has 2 nitrogen and oxygen atoms in total. The van der Waals surface area contributed by atoms with E-state index < -0.39 is 0 Å². The van der Waals surface area contributed by atoms with Gasteiger partial charge in [0.1, 0.15) is 5.75 Å².